The van der Waals surface area contributed by atoms with Crippen molar-refractivity contribution in [2.75, 3.05) is 13.1 Å². The van der Waals surface area contributed by atoms with Crippen LogP contribution in [0.1, 0.15) is 29.8 Å². The van der Waals surface area contributed by atoms with E-state index in [1.807, 2.05) is 47.4 Å². The van der Waals surface area contributed by atoms with E-state index in [4.69, 9.17) is 16.0 Å². The molecule has 3 aromatic rings. The van der Waals surface area contributed by atoms with Gasteiger partial charge in [-0.3, -0.25) is 4.79 Å². The third kappa shape index (κ3) is 3.92. The van der Waals surface area contributed by atoms with Gasteiger partial charge >= 0.3 is 0 Å². The molecule has 0 saturated carbocycles. The lowest BCUT2D eigenvalue weighted by atomic mass is 10.1. The largest absolute Gasteiger partial charge is 0.463 e. The van der Waals surface area contributed by atoms with Gasteiger partial charge in [0, 0.05) is 36.3 Å². The lowest BCUT2D eigenvalue weighted by molar-refractivity contribution is 0.0741. The zero-order valence-electron chi connectivity index (χ0n) is 15.8. The van der Waals surface area contributed by atoms with E-state index in [1.165, 1.54) is 6.42 Å². The van der Waals surface area contributed by atoms with Crippen LogP contribution in [0.3, 0.4) is 0 Å². The minimum Gasteiger partial charge on any atom is -0.463 e. The molecule has 1 N–H and O–H groups in total. The Morgan fingerprint density at radius 1 is 1.14 bits per heavy atom. The van der Waals surface area contributed by atoms with Gasteiger partial charge in [-0.05, 0) is 55.7 Å². The number of nitrogens with one attached hydrogen (secondary N) is 1. The Morgan fingerprint density at radius 2 is 1.93 bits per heavy atom. The first kappa shape index (κ1) is 20.0. The molecular weight excluding hydrogens is 411 g/mol. The number of carbonyl (C=O) groups is 1. The standard InChI is InChI=1S/C21H21ClN4O2.ClH/c22-14-3-7-17(8-4-14)26-19(20-2-1-11-28-20)12-18(24-26)21(27)25-10-9-15-5-6-16(13-25)23-15;/h1-4,7-8,11-12,15-16,23H,5-6,9-10,13H2;1H. The maximum Gasteiger partial charge on any atom is 0.274 e. The number of amides is 1. The Hall–Kier alpha value is -2.28. The number of carbonyl (C=O) groups excluding carboxylic acids is 1. The van der Waals surface area contributed by atoms with Crippen LogP contribution in [0.5, 0.6) is 0 Å². The summed E-state index contributed by atoms with van der Waals surface area (Å²) in [4.78, 5) is 15.1. The minimum atomic E-state index is -0.0325. The predicted molar refractivity (Wildman–Crippen MR) is 114 cm³/mol. The zero-order valence-corrected chi connectivity index (χ0v) is 17.3. The van der Waals surface area contributed by atoms with Crippen LogP contribution in [-0.2, 0) is 0 Å². The number of rotatable bonds is 3. The van der Waals surface area contributed by atoms with E-state index in [0.717, 1.165) is 37.3 Å². The molecule has 152 valence electrons. The van der Waals surface area contributed by atoms with Crippen LogP contribution < -0.4 is 5.32 Å². The highest BCUT2D eigenvalue weighted by Crippen LogP contribution is 2.27. The van der Waals surface area contributed by atoms with Gasteiger partial charge in [0.15, 0.2) is 11.5 Å². The number of fused-ring (bicyclic) bond motifs is 2. The van der Waals surface area contributed by atoms with E-state index in [-0.39, 0.29) is 18.3 Å². The van der Waals surface area contributed by atoms with Gasteiger partial charge in [0.25, 0.3) is 5.91 Å². The van der Waals surface area contributed by atoms with Gasteiger partial charge < -0.3 is 14.6 Å². The number of nitrogens with zero attached hydrogens (tertiary/aromatic N) is 3. The van der Waals surface area contributed by atoms with Crippen LogP contribution in [0.2, 0.25) is 5.02 Å². The molecule has 2 atom stereocenters. The smallest absolute Gasteiger partial charge is 0.274 e. The van der Waals surface area contributed by atoms with Gasteiger partial charge in [0.05, 0.1) is 12.0 Å². The number of benzene rings is 1. The third-order valence-corrected chi connectivity index (χ3v) is 5.84. The summed E-state index contributed by atoms with van der Waals surface area (Å²) in [5.41, 5.74) is 2.00. The average Bonchev–Trinajstić information content (AvgIpc) is 3.41. The van der Waals surface area contributed by atoms with Gasteiger partial charge in [-0.25, -0.2) is 4.68 Å². The summed E-state index contributed by atoms with van der Waals surface area (Å²) in [5.74, 6) is 0.632. The third-order valence-electron chi connectivity index (χ3n) is 5.58. The predicted octanol–water partition coefficient (Wildman–Crippen LogP) is 4.17. The summed E-state index contributed by atoms with van der Waals surface area (Å²) in [5, 5.41) is 8.90. The number of halogens is 2. The molecule has 2 saturated heterocycles. The molecule has 0 spiro atoms. The van der Waals surface area contributed by atoms with Crippen LogP contribution in [0.15, 0.2) is 53.1 Å². The van der Waals surface area contributed by atoms with Crippen LogP contribution in [-0.4, -0.2) is 45.8 Å². The first-order valence-electron chi connectivity index (χ1n) is 9.62. The van der Waals surface area contributed by atoms with E-state index in [1.54, 1.807) is 10.9 Å². The zero-order chi connectivity index (χ0) is 19.1. The molecule has 8 heteroatoms. The number of hydrogen-bond donors (Lipinski definition) is 1. The van der Waals surface area contributed by atoms with E-state index < -0.39 is 0 Å². The highest BCUT2D eigenvalue weighted by atomic mass is 35.5. The van der Waals surface area contributed by atoms with Gasteiger partial charge in [0.1, 0.15) is 5.69 Å². The average molecular weight is 433 g/mol. The Balaban J connectivity index is 0.00000205. The van der Waals surface area contributed by atoms with Crippen molar-refractivity contribution in [2.45, 2.75) is 31.3 Å². The molecule has 4 heterocycles. The van der Waals surface area contributed by atoms with Crippen molar-refractivity contribution in [2.24, 2.45) is 0 Å². The molecule has 0 aliphatic carbocycles. The molecule has 1 amide bonds. The van der Waals surface area contributed by atoms with Crippen LogP contribution in [0, 0.1) is 0 Å². The molecule has 2 aliphatic heterocycles. The Labute approximate surface area is 180 Å². The monoisotopic (exact) mass is 432 g/mol. The molecule has 6 nitrogen and oxygen atoms in total. The van der Waals surface area contributed by atoms with Gasteiger partial charge in [0.2, 0.25) is 0 Å². The SMILES string of the molecule is Cl.O=C(c1cc(-c2ccco2)n(-c2ccc(Cl)cc2)n1)N1CCC2CCC(C1)N2. The number of hydrogen-bond acceptors (Lipinski definition) is 4. The van der Waals surface area contributed by atoms with Gasteiger partial charge in [-0.2, -0.15) is 5.10 Å². The molecule has 2 fully saturated rings. The first-order valence-corrected chi connectivity index (χ1v) is 10.0. The van der Waals surface area contributed by atoms with Crippen molar-refractivity contribution >= 4 is 29.9 Å². The molecule has 2 aromatic heterocycles. The summed E-state index contributed by atoms with van der Waals surface area (Å²) >= 11 is 6.03. The van der Waals surface area contributed by atoms with Crippen molar-refractivity contribution in [3.63, 3.8) is 0 Å². The Kier molecular flexibility index (Phi) is 5.67. The molecule has 1 aromatic carbocycles. The lowest BCUT2D eigenvalue weighted by Gasteiger charge is -2.23. The van der Waals surface area contributed by atoms with Crippen molar-refractivity contribution < 1.29 is 9.21 Å². The van der Waals surface area contributed by atoms with Crippen molar-refractivity contribution in [3.05, 3.63) is 59.4 Å². The molecule has 5 rings (SSSR count). The van der Waals surface area contributed by atoms with Gasteiger partial charge in [-0.15, -0.1) is 12.4 Å². The minimum absolute atomic E-state index is 0. The van der Waals surface area contributed by atoms with Crippen molar-refractivity contribution in [3.8, 4) is 17.1 Å². The molecule has 2 unspecified atom stereocenters. The first-order chi connectivity index (χ1) is 13.7. The van der Waals surface area contributed by atoms with E-state index in [2.05, 4.69) is 10.4 Å². The fourth-order valence-corrected chi connectivity index (χ4v) is 4.28. The summed E-state index contributed by atoms with van der Waals surface area (Å²) in [6, 6.07) is 13.8. The maximum atomic E-state index is 13.2. The highest BCUT2D eigenvalue weighted by molar-refractivity contribution is 6.30. The van der Waals surface area contributed by atoms with Crippen LogP contribution in [0.4, 0.5) is 0 Å². The van der Waals surface area contributed by atoms with Crippen LogP contribution in [0.25, 0.3) is 17.1 Å². The van der Waals surface area contributed by atoms with E-state index in [0.29, 0.717) is 28.6 Å². The number of furan rings is 1. The fraction of sp³-hybridized carbons (Fsp3) is 0.333. The quantitative estimate of drug-likeness (QED) is 0.674. The molecule has 2 bridgehead atoms. The summed E-state index contributed by atoms with van der Waals surface area (Å²) in [7, 11) is 0. The summed E-state index contributed by atoms with van der Waals surface area (Å²) in [6.45, 7) is 1.50. The van der Waals surface area contributed by atoms with E-state index in [9.17, 15) is 4.79 Å². The second kappa shape index (κ2) is 8.22. The second-order valence-corrected chi connectivity index (χ2v) is 7.89. The number of likely N-dealkylation sites (tertiary alicyclic amines) is 1. The van der Waals surface area contributed by atoms with Crippen molar-refractivity contribution in [1.29, 1.82) is 0 Å². The summed E-state index contributed by atoms with van der Waals surface area (Å²) < 4.78 is 7.32. The Bertz CT molecular complexity index is 985. The van der Waals surface area contributed by atoms with E-state index >= 15 is 0 Å². The molecular formula is C21H22Cl2N4O2. The highest BCUT2D eigenvalue weighted by Gasteiger charge is 2.32. The maximum absolute atomic E-state index is 13.2. The fourth-order valence-electron chi connectivity index (χ4n) is 4.15. The Morgan fingerprint density at radius 3 is 2.69 bits per heavy atom. The normalized spacial score (nSPS) is 20.9. The van der Waals surface area contributed by atoms with Crippen LogP contribution >= 0.6 is 24.0 Å². The lowest BCUT2D eigenvalue weighted by Crippen LogP contribution is -2.39. The topological polar surface area (TPSA) is 63.3 Å². The molecule has 0 radical (unpaired) electrons. The van der Waals surface area contributed by atoms with Crippen molar-refractivity contribution in [1.82, 2.24) is 20.0 Å². The second-order valence-electron chi connectivity index (χ2n) is 7.46. The summed E-state index contributed by atoms with van der Waals surface area (Å²) in [6.07, 6.45) is 4.95. The number of aromatic nitrogens is 2. The molecule has 2 aliphatic rings. The van der Waals surface area contributed by atoms with Gasteiger partial charge in [-0.1, -0.05) is 11.6 Å². The molecule has 29 heavy (non-hydrogen) atoms.